The summed E-state index contributed by atoms with van der Waals surface area (Å²) >= 11 is 0. The van der Waals surface area contributed by atoms with E-state index in [9.17, 15) is 4.79 Å². The molecule has 160 valence electrons. The number of anilines is 1. The number of nitrogens with zero attached hydrogens (tertiary/aromatic N) is 1. The maximum Gasteiger partial charge on any atom is 1.00 e. The minimum absolute atomic E-state index is 0. The molecule has 0 saturated heterocycles. The number of nitrogen functional groups attached to an aromatic ring is 1. The molecule has 4 heteroatoms. The van der Waals surface area contributed by atoms with E-state index in [1.54, 1.807) is 0 Å². The minimum atomic E-state index is 0. The van der Waals surface area contributed by atoms with Crippen LogP contribution in [0.5, 0.6) is 0 Å². The monoisotopic (exact) mass is 399 g/mol. The van der Waals surface area contributed by atoms with Crippen molar-refractivity contribution in [1.82, 2.24) is 0 Å². The predicted molar refractivity (Wildman–Crippen MR) is 127 cm³/mol. The van der Waals surface area contributed by atoms with Gasteiger partial charge in [0, 0.05) is 24.2 Å². The zero-order valence-corrected chi connectivity index (χ0v) is 16.8. The zero-order valence-electron chi connectivity index (χ0n) is 17.8. The highest BCUT2D eigenvalue weighted by molar-refractivity contribution is 5.87. The molecule has 2 aromatic carbocycles. The summed E-state index contributed by atoms with van der Waals surface area (Å²) in [4.78, 5) is 15.1. The first-order valence-corrected chi connectivity index (χ1v) is 10.2. The maximum atomic E-state index is 10.5. The van der Waals surface area contributed by atoms with Crippen molar-refractivity contribution in [2.75, 3.05) is 5.73 Å². The van der Waals surface area contributed by atoms with Gasteiger partial charge in [-0.25, -0.2) is 0 Å². The molecule has 0 unspecified atom stereocenters. The summed E-state index contributed by atoms with van der Waals surface area (Å²) in [5.74, 6) is 0.464. The van der Waals surface area contributed by atoms with E-state index in [2.05, 4.69) is 17.1 Å². The fourth-order valence-electron chi connectivity index (χ4n) is 3.16. The second-order valence-corrected chi connectivity index (χ2v) is 7.08. The largest absolute Gasteiger partial charge is 1.00 e. The van der Waals surface area contributed by atoms with Crippen LogP contribution in [0.1, 0.15) is 73.1 Å². The van der Waals surface area contributed by atoms with Gasteiger partial charge in [0.15, 0.2) is 0 Å². The Morgan fingerprint density at radius 3 is 1.52 bits per heavy atom. The fraction of sp³-hybridized carbons (Fsp3) is 0.440. The molecular formula is C25H39N2O2+. The first-order chi connectivity index (χ1) is 13.2. The number of carbonyl (C=O) groups is 1. The van der Waals surface area contributed by atoms with Crippen LogP contribution >= 0.6 is 0 Å². The van der Waals surface area contributed by atoms with Crippen LogP contribution in [-0.4, -0.2) is 17.0 Å². The van der Waals surface area contributed by atoms with E-state index in [-0.39, 0.29) is 14.3 Å². The second-order valence-electron chi connectivity index (χ2n) is 7.08. The van der Waals surface area contributed by atoms with E-state index >= 15 is 0 Å². The molecule has 2 aliphatic carbocycles. The van der Waals surface area contributed by atoms with Crippen LogP contribution in [0, 0.1) is 0 Å². The Kier molecular flexibility index (Phi) is 15.1. The van der Waals surface area contributed by atoms with Crippen LogP contribution in [-0.2, 0) is 4.79 Å². The highest BCUT2D eigenvalue weighted by Gasteiger charge is 2.06. The molecule has 0 heterocycles. The van der Waals surface area contributed by atoms with E-state index in [4.69, 9.17) is 5.73 Å². The molecule has 4 nitrogen and oxygen atoms in total. The fourth-order valence-corrected chi connectivity index (χ4v) is 3.16. The summed E-state index contributed by atoms with van der Waals surface area (Å²) in [5.41, 5.74) is 8.68. The lowest BCUT2D eigenvalue weighted by Crippen LogP contribution is -2.03. The number of rotatable bonds is 1. The number of para-hydroxylation sites is 2. The summed E-state index contributed by atoms with van der Waals surface area (Å²) in [6, 6.07) is 19.7. The Labute approximate surface area is 178 Å². The standard InChI is InChI=1S/C12H15N.C6H7N.C6H10O.CH4.H2O/c1-3-7-11(8-4-1)13-12-9-5-2-6-10-12;2*7-6-4-2-1-3-5-6;;/h1,3-4,7-8H,2,5-6,9-10H2;1-5H,7H2;1-5H2;1H4;1H2/p+1. The average molecular weight is 400 g/mol. The first-order valence-electron chi connectivity index (χ1n) is 10.2. The third-order valence-corrected chi connectivity index (χ3v) is 4.68. The molecule has 4 N–H and O–H groups in total. The molecule has 0 aliphatic heterocycles. The molecule has 0 atom stereocenters. The van der Waals surface area contributed by atoms with Crippen molar-refractivity contribution in [3.05, 3.63) is 60.7 Å². The van der Waals surface area contributed by atoms with E-state index in [0.29, 0.717) is 5.78 Å². The van der Waals surface area contributed by atoms with Crippen molar-refractivity contribution >= 4 is 22.9 Å². The molecule has 2 saturated carbocycles. The highest BCUT2D eigenvalue weighted by atomic mass is 16.1. The smallest absolute Gasteiger partial charge is 0.412 e. The van der Waals surface area contributed by atoms with Crippen LogP contribution < -0.4 is 5.73 Å². The van der Waals surface area contributed by atoms with Gasteiger partial charge in [0.1, 0.15) is 5.78 Å². The molecule has 2 aliphatic rings. The van der Waals surface area contributed by atoms with Gasteiger partial charge in [-0.1, -0.05) is 56.7 Å². The maximum absolute atomic E-state index is 10.5. The van der Waals surface area contributed by atoms with Gasteiger partial charge in [0.05, 0.1) is 5.69 Å². The lowest BCUT2D eigenvalue weighted by atomic mass is 9.98. The van der Waals surface area contributed by atoms with E-state index in [1.807, 2.05) is 48.5 Å². The van der Waals surface area contributed by atoms with Crippen molar-refractivity contribution < 1.29 is 11.7 Å². The van der Waals surface area contributed by atoms with Crippen molar-refractivity contribution in [2.45, 2.75) is 71.6 Å². The quantitative estimate of drug-likeness (QED) is 0.560. The number of ketones is 1. The molecule has 0 bridgehead atoms. The van der Waals surface area contributed by atoms with Gasteiger partial charge in [0.25, 0.3) is 0 Å². The normalized spacial score (nSPS) is 15.2. The van der Waals surface area contributed by atoms with Gasteiger partial charge in [-0.2, -0.15) is 0 Å². The van der Waals surface area contributed by atoms with Gasteiger partial charge in [-0.3, -0.25) is 9.79 Å². The lowest BCUT2D eigenvalue weighted by Gasteiger charge is -2.11. The number of hydrogen-bond acceptors (Lipinski definition) is 3. The van der Waals surface area contributed by atoms with Crippen molar-refractivity contribution in [1.29, 1.82) is 0 Å². The molecule has 0 spiro atoms. The summed E-state index contributed by atoms with van der Waals surface area (Å²) in [6.45, 7) is 0. The Morgan fingerprint density at radius 2 is 1.14 bits per heavy atom. The van der Waals surface area contributed by atoms with Gasteiger partial charge in [-0.05, 0) is 62.8 Å². The Bertz CT molecular complexity index is 675. The number of benzene rings is 2. The van der Waals surface area contributed by atoms with E-state index in [1.165, 1.54) is 44.2 Å². The number of Topliss-reactive ketones (excluding diaryl/α,β-unsaturated/α-hetero) is 1. The van der Waals surface area contributed by atoms with Crippen LogP contribution in [0.2, 0.25) is 0 Å². The summed E-state index contributed by atoms with van der Waals surface area (Å²) in [7, 11) is 0. The SMILES string of the molecule is C.Nc1ccccc1.O.O=C1CCCCC1.[H+].c1ccc(N=C2CCCCC2)cc1. The predicted octanol–water partition coefficient (Wildman–Crippen LogP) is 6.44. The topological polar surface area (TPSA) is 87.0 Å². The van der Waals surface area contributed by atoms with Crippen LogP contribution in [0.3, 0.4) is 0 Å². The molecule has 0 radical (unpaired) electrons. The number of aliphatic imine (C=N–C) groups is 1. The first kappa shape index (κ1) is 26.5. The average Bonchev–Trinajstić information content (AvgIpc) is 2.72. The molecule has 0 aromatic heterocycles. The molecule has 0 amide bonds. The van der Waals surface area contributed by atoms with Gasteiger partial charge >= 0.3 is 1.43 Å². The summed E-state index contributed by atoms with van der Waals surface area (Å²) in [5, 5.41) is 0. The Morgan fingerprint density at radius 1 is 0.690 bits per heavy atom. The Hall–Kier alpha value is -2.46. The molecule has 29 heavy (non-hydrogen) atoms. The molecular weight excluding hydrogens is 360 g/mol. The number of hydrogen-bond donors (Lipinski definition) is 1. The molecule has 4 rings (SSSR count). The number of nitrogens with two attached hydrogens (primary N) is 1. The summed E-state index contributed by atoms with van der Waals surface area (Å²) < 4.78 is 0. The lowest BCUT2D eigenvalue weighted by molar-refractivity contribution is -0.120. The van der Waals surface area contributed by atoms with Crippen molar-refractivity contribution in [2.24, 2.45) is 4.99 Å². The third-order valence-electron chi connectivity index (χ3n) is 4.68. The van der Waals surface area contributed by atoms with Gasteiger partial charge in [0.2, 0.25) is 0 Å². The van der Waals surface area contributed by atoms with Crippen molar-refractivity contribution in [3.8, 4) is 0 Å². The van der Waals surface area contributed by atoms with Gasteiger partial charge in [-0.15, -0.1) is 0 Å². The Balaban J connectivity index is 0. The van der Waals surface area contributed by atoms with Crippen LogP contribution in [0.25, 0.3) is 0 Å². The van der Waals surface area contributed by atoms with E-state index < -0.39 is 0 Å². The summed E-state index contributed by atoms with van der Waals surface area (Å²) in [6.07, 6.45) is 11.7. The third kappa shape index (κ3) is 12.6. The van der Waals surface area contributed by atoms with Crippen LogP contribution in [0.4, 0.5) is 11.4 Å². The van der Waals surface area contributed by atoms with Crippen LogP contribution in [0.15, 0.2) is 65.7 Å². The highest BCUT2D eigenvalue weighted by Crippen LogP contribution is 2.19. The molecule has 2 fully saturated rings. The second kappa shape index (κ2) is 16.5. The number of carbonyl (C=O) groups excluding carboxylic acids is 1. The van der Waals surface area contributed by atoms with E-state index in [0.717, 1.165) is 37.1 Å². The minimum Gasteiger partial charge on any atom is -0.412 e. The molecule has 2 aromatic rings. The van der Waals surface area contributed by atoms with Gasteiger partial charge < -0.3 is 11.2 Å². The zero-order chi connectivity index (χ0) is 19.2. The van der Waals surface area contributed by atoms with Crippen molar-refractivity contribution in [3.63, 3.8) is 0 Å².